The Bertz CT molecular complexity index is 2190. The molecule has 3 aliphatic heterocycles. The largest absolute Gasteiger partial charge is 0.453 e. The van der Waals surface area contributed by atoms with Crippen molar-refractivity contribution in [3.8, 4) is 5.75 Å². The summed E-state index contributed by atoms with van der Waals surface area (Å²) in [5.41, 5.74) is 2.70. The quantitative estimate of drug-likeness (QED) is 0.130. The van der Waals surface area contributed by atoms with E-state index in [0.29, 0.717) is 78.6 Å². The molecule has 3 aliphatic rings. The third kappa shape index (κ3) is 9.58. The van der Waals surface area contributed by atoms with E-state index in [-0.39, 0.29) is 47.9 Å². The van der Waals surface area contributed by atoms with E-state index < -0.39 is 6.03 Å². The fraction of sp³-hybridized carbons (Fsp3) is 0.463. The molecule has 3 amide bonds. The molecule has 0 atom stereocenters. The summed E-state index contributed by atoms with van der Waals surface area (Å²) in [5, 5.41) is 10.9. The lowest BCUT2D eigenvalue weighted by Gasteiger charge is -2.39. The second kappa shape index (κ2) is 17.9. The Morgan fingerprint density at radius 3 is 2.37 bits per heavy atom. The summed E-state index contributed by atoms with van der Waals surface area (Å²) < 4.78 is 23.1. The highest BCUT2D eigenvalue weighted by Gasteiger charge is 2.30. The summed E-state index contributed by atoms with van der Waals surface area (Å²) in [6.07, 6.45) is 5.39. The van der Waals surface area contributed by atoms with Crippen LogP contribution in [0, 0.1) is 0 Å². The summed E-state index contributed by atoms with van der Waals surface area (Å²) in [5.74, 6) is 1.27. The minimum Gasteiger partial charge on any atom is -0.453 e. The van der Waals surface area contributed by atoms with Crippen LogP contribution in [0.3, 0.4) is 0 Å². The highest BCUT2D eigenvalue weighted by molar-refractivity contribution is 6.11. The van der Waals surface area contributed by atoms with Gasteiger partial charge in [0.1, 0.15) is 17.1 Å². The number of carbonyl (C=O) groups excluding carboxylic acids is 3. The number of hydrogen-bond acceptors (Lipinski definition) is 10. The van der Waals surface area contributed by atoms with Crippen molar-refractivity contribution in [3.05, 3.63) is 71.3 Å². The van der Waals surface area contributed by atoms with Gasteiger partial charge in [0, 0.05) is 77.8 Å². The number of furan rings is 1. The van der Waals surface area contributed by atoms with Gasteiger partial charge in [-0.25, -0.2) is 9.59 Å². The van der Waals surface area contributed by atoms with Crippen LogP contribution in [0.4, 0.5) is 21.1 Å². The first-order chi connectivity index (χ1) is 26.6. The van der Waals surface area contributed by atoms with E-state index in [9.17, 15) is 14.4 Å². The number of benzene rings is 2. The number of H-pyrrole nitrogens is 1. The minimum absolute atomic E-state index is 0. The van der Waals surface area contributed by atoms with Crippen molar-refractivity contribution in [1.29, 1.82) is 0 Å². The fourth-order valence-electron chi connectivity index (χ4n) is 7.80. The predicted molar refractivity (Wildman–Crippen MR) is 222 cm³/mol. The Kier molecular flexibility index (Phi) is 13.2. The van der Waals surface area contributed by atoms with Crippen molar-refractivity contribution in [3.63, 3.8) is 0 Å². The third-order valence-corrected chi connectivity index (χ3v) is 10.9. The zero-order valence-corrected chi connectivity index (χ0v) is 34.2. The first kappa shape index (κ1) is 42.0. The number of likely N-dealkylation sites (tertiary alicyclic amines) is 2. The average Bonchev–Trinajstić information content (AvgIpc) is 3.95. The zero-order chi connectivity index (χ0) is 38.1. The SMILES string of the molecule is CC(C)(C)c1cc(NC(=O)Nc2ccc3oc(C(=O)c4cc5c(CN6CCOCC6)c(OC(=O)N6CCC(N7CCCCC7)CC6)ccc5[nH]4)cc3c2)no1.Cl.Cl. The summed E-state index contributed by atoms with van der Waals surface area (Å²) in [6.45, 7) is 12.9. The highest BCUT2D eigenvalue weighted by Crippen LogP contribution is 2.33. The number of halogens is 2. The number of amides is 3. The van der Waals surface area contributed by atoms with E-state index in [1.807, 2.05) is 43.9 Å². The first-order valence-electron chi connectivity index (χ1n) is 19.4. The maximum Gasteiger partial charge on any atom is 0.415 e. The zero-order valence-electron chi connectivity index (χ0n) is 32.6. The van der Waals surface area contributed by atoms with Crippen molar-refractivity contribution < 1.29 is 32.8 Å². The number of aromatic amines is 1. The Labute approximate surface area is 343 Å². The number of carbonyl (C=O) groups is 3. The van der Waals surface area contributed by atoms with Gasteiger partial charge in [-0.15, -0.1) is 24.8 Å². The summed E-state index contributed by atoms with van der Waals surface area (Å²) in [7, 11) is 0. The van der Waals surface area contributed by atoms with Gasteiger partial charge in [-0.1, -0.05) is 32.3 Å². The number of nitrogens with one attached hydrogen (secondary N) is 3. The van der Waals surface area contributed by atoms with Crippen LogP contribution in [0.2, 0.25) is 0 Å². The number of hydrogen-bond donors (Lipinski definition) is 3. The average molecular weight is 825 g/mol. The minimum atomic E-state index is -0.485. The number of anilines is 2. The van der Waals surface area contributed by atoms with Crippen LogP contribution < -0.4 is 15.4 Å². The van der Waals surface area contributed by atoms with Crippen LogP contribution in [-0.4, -0.2) is 101 Å². The molecule has 8 rings (SSSR count). The molecule has 0 unspecified atom stereocenters. The lowest BCUT2D eigenvalue weighted by atomic mass is 9.93. The topological polar surface area (TPSA) is 158 Å². The van der Waals surface area contributed by atoms with E-state index in [2.05, 4.69) is 30.6 Å². The van der Waals surface area contributed by atoms with E-state index >= 15 is 0 Å². The van der Waals surface area contributed by atoms with Gasteiger partial charge in [0.15, 0.2) is 11.6 Å². The van der Waals surface area contributed by atoms with Gasteiger partial charge in [0.05, 0.1) is 18.9 Å². The molecule has 14 nitrogen and oxygen atoms in total. The first-order valence-corrected chi connectivity index (χ1v) is 19.4. The third-order valence-electron chi connectivity index (χ3n) is 10.9. The normalized spacial score (nSPS) is 17.2. The summed E-state index contributed by atoms with van der Waals surface area (Å²) in [6, 6.07) is 14.0. The molecule has 0 aliphatic carbocycles. The molecular weight excluding hydrogens is 773 g/mol. The summed E-state index contributed by atoms with van der Waals surface area (Å²) >= 11 is 0. The molecular formula is C41H51Cl2N7O7. The molecule has 306 valence electrons. The molecule has 3 saturated heterocycles. The maximum absolute atomic E-state index is 13.9. The molecule has 2 aromatic carbocycles. The number of ketones is 1. The molecule has 0 radical (unpaired) electrons. The number of urea groups is 1. The lowest BCUT2D eigenvalue weighted by molar-refractivity contribution is 0.0339. The van der Waals surface area contributed by atoms with E-state index in [4.69, 9.17) is 18.4 Å². The number of aromatic nitrogens is 2. The molecule has 0 bridgehead atoms. The van der Waals surface area contributed by atoms with Crippen molar-refractivity contribution in [2.24, 2.45) is 0 Å². The molecule has 0 saturated carbocycles. The molecule has 3 aromatic heterocycles. The van der Waals surface area contributed by atoms with Gasteiger partial charge in [0.2, 0.25) is 5.78 Å². The molecule has 5 aromatic rings. The van der Waals surface area contributed by atoms with Gasteiger partial charge in [-0.05, 0) is 81.2 Å². The highest BCUT2D eigenvalue weighted by atomic mass is 35.5. The maximum atomic E-state index is 13.9. The Morgan fingerprint density at radius 1 is 0.895 bits per heavy atom. The van der Waals surface area contributed by atoms with Crippen molar-refractivity contribution in [1.82, 2.24) is 24.8 Å². The van der Waals surface area contributed by atoms with Crippen molar-refractivity contribution >= 4 is 76.1 Å². The second-order valence-electron chi connectivity index (χ2n) is 15.9. The smallest absolute Gasteiger partial charge is 0.415 e. The van der Waals surface area contributed by atoms with Crippen molar-refractivity contribution in [2.45, 2.75) is 70.9 Å². The molecule has 3 fully saturated rings. The van der Waals surface area contributed by atoms with Gasteiger partial charge in [-0.3, -0.25) is 15.0 Å². The van der Waals surface area contributed by atoms with Gasteiger partial charge >= 0.3 is 12.1 Å². The molecule has 3 N–H and O–H groups in total. The lowest BCUT2D eigenvalue weighted by Crippen LogP contribution is -2.48. The molecule has 6 heterocycles. The number of piperidine rings is 2. The van der Waals surface area contributed by atoms with Crippen LogP contribution in [0.15, 0.2) is 57.5 Å². The fourth-order valence-corrected chi connectivity index (χ4v) is 7.80. The number of ether oxygens (including phenoxy) is 2. The molecule has 16 heteroatoms. The van der Waals surface area contributed by atoms with E-state index in [1.54, 1.807) is 30.3 Å². The van der Waals surface area contributed by atoms with Crippen LogP contribution >= 0.6 is 24.8 Å². The number of rotatable bonds is 8. The second-order valence-corrected chi connectivity index (χ2v) is 15.9. The number of morpholine rings is 1. The predicted octanol–water partition coefficient (Wildman–Crippen LogP) is 8.20. The Balaban J connectivity index is 0.00000275. The molecule has 57 heavy (non-hydrogen) atoms. The van der Waals surface area contributed by atoms with Crippen LogP contribution in [0.25, 0.3) is 21.9 Å². The Hall–Kier alpha value is -4.60. The van der Waals surface area contributed by atoms with Gasteiger partial charge in [-0.2, -0.15) is 0 Å². The number of fused-ring (bicyclic) bond motifs is 2. The van der Waals surface area contributed by atoms with E-state index in [0.717, 1.165) is 55.5 Å². The van der Waals surface area contributed by atoms with Crippen LogP contribution in [-0.2, 0) is 16.7 Å². The van der Waals surface area contributed by atoms with Gasteiger partial charge in [0.25, 0.3) is 0 Å². The van der Waals surface area contributed by atoms with Crippen molar-refractivity contribution in [2.75, 3.05) is 63.1 Å². The van der Waals surface area contributed by atoms with E-state index in [1.165, 1.54) is 19.3 Å². The molecule has 0 spiro atoms. The summed E-state index contributed by atoms with van der Waals surface area (Å²) in [4.78, 5) is 50.1. The number of nitrogens with zero attached hydrogens (tertiary/aromatic N) is 4. The van der Waals surface area contributed by atoms with Gasteiger partial charge < -0.3 is 38.5 Å². The standard InChI is InChI=1S/C41H49N7O7.2ClH/c1-41(2,3)36-24-37(45-55-36)44-39(50)42-27-7-9-33-26(21-27)22-35(53-33)38(49)32-23-29-30(25-46-17-19-52-20-18-46)34(10-8-31(29)43-32)54-40(51)48-15-11-28(12-16-48)47-13-5-4-6-14-47;;/h7-10,21-24,28,43H,4-6,11-20,25H2,1-3H3,(H2,42,44,45,50);2*1H. The Morgan fingerprint density at radius 2 is 1.65 bits per heavy atom. The monoisotopic (exact) mass is 823 g/mol. The van der Waals surface area contributed by atoms with Crippen LogP contribution in [0.1, 0.15) is 80.4 Å². The van der Waals surface area contributed by atoms with Crippen LogP contribution in [0.5, 0.6) is 5.75 Å².